The summed E-state index contributed by atoms with van der Waals surface area (Å²) in [6.45, 7) is 0. The lowest BCUT2D eigenvalue weighted by Gasteiger charge is -1.99. The molecule has 3 rings (SSSR count). The van der Waals surface area contributed by atoms with Crippen LogP contribution in [-0.4, -0.2) is 4.98 Å². The van der Waals surface area contributed by atoms with Gasteiger partial charge in [0.2, 0.25) is 0 Å². The van der Waals surface area contributed by atoms with Crippen molar-refractivity contribution in [2.45, 2.75) is 0 Å². The molecule has 2 aromatic heterocycles. The van der Waals surface area contributed by atoms with Crippen molar-refractivity contribution in [2.24, 2.45) is 0 Å². The molecule has 0 aliphatic heterocycles. The van der Waals surface area contributed by atoms with Gasteiger partial charge in [-0.2, -0.15) is 0 Å². The van der Waals surface area contributed by atoms with Gasteiger partial charge < -0.3 is 0 Å². The fraction of sp³-hybridized carbons (Fsp3) is 0. The quantitative estimate of drug-likeness (QED) is 0.596. The molecule has 0 saturated carbocycles. The van der Waals surface area contributed by atoms with E-state index in [2.05, 4.69) is 34.8 Å². The molecule has 0 amide bonds. The fourth-order valence-electron chi connectivity index (χ4n) is 1.58. The van der Waals surface area contributed by atoms with Crippen LogP contribution in [0.1, 0.15) is 0 Å². The van der Waals surface area contributed by atoms with Crippen LogP contribution in [0.15, 0.2) is 47.8 Å². The molecule has 1 nitrogen and oxygen atoms in total. The molecule has 0 spiro atoms. The van der Waals surface area contributed by atoms with Gasteiger partial charge in [-0.1, -0.05) is 24.3 Å². The van der Waals surface area contributed by atoms with Gasteiger partial charge in [-0.15, -0.1) is 11.3 Å². The van der Waals surface area contributed by atoms with Crippen LogP contribution in [0.4, 0.5) is 0 Å². The standard InChI is InChI=1S/C13H8NS/c1-2-5-12-10(4-1)8-11(9-14-12)13-6-3-7-15-13/h1-8H. The molecule has 2 heteroatoms. The van der Waals surface area contributed by atoms with Gasteiger partial charge in [0.1, 0.15) is 0 Å². The predicted octanol–water partition coefficient (Wildman–Crippen LogP) is 3.76. The van der Waals surface area contributed by atoms with Gasteiger partial charge >= 0.3 is 0 Å². The fourth-order valence-corrected chi connectivity index (χ4v) is 2.27. The number of pyridine rings is 1. The van der Waals surface area contributed by atoms with Crippen LogP contribution >= 0.6 is 11.3 Å². The maximum Gasteiger partial charge on any atom is 0.0987 e. The Balaban J connectivity index is 2.22. The second-order valence-corrected chi connectivity index (χ2v) is 4.27. The lowest BCUT2D eigenvalue weighted by Crippen LogP contribution is -1.80. The Morgan fingerprint density at radius 1 is 1.07 bits per heavy atom. The monoisotopic (exact) mass is 210 g/mol. The molecule has 3 aromatic rings. The lowest BCUT2D eigenvalue weighted by atomic mass is 10.1. The molecule has 71 valence electrons. The molecule has 1 aromatic carbocycles. The second kappa shape index (κ2) is 3.48. The van der Waals surface area contributed by atoms with E-state index in [9.17, 15) is 0 Å². The van der Waals surface area contributed by atoms with Crippen molar-refractivity contribution in [3.8, 4) is 10.4 Å². The first-order valence-corrected chi connectivity index (χ1v) is 5.63. The zero-order valence-corrected chi connectivity index (χ0v) is 8.79. The van der Waals surface area contributed by atoms with Crippen molar-refractivity contribution in [3.05, 3.63) is 54.0 Å². The van der Waals surface area contributed by atoms with Crippen LogP contribution in [-0.2, 0) is 0 Å². The number of aromatic nitrogens is 1. The summed E-state index contributed by atoms with van der Waals surface area (Å²) in [6.07, 6.45) is 3.07. The topological polar surface area (TPSA) is 12.9 Å². The van der Waals surface area contributed by atoms with E-state index in [4.69, 9.17) is 0 Å². The summed E-state index contributed by atoms with van der Waals surface area (Å²) in [5.41, 5.74) is 2.07. The first-order chi connectivity index (χ1) is 7.43. The third-order valence-corrected chi connectivity index (χ3v) is 3.22. The van der Waals surface area contributed by atoms with Crippen molar-refractivity contribution in [1.29, 1.82) is 0 Å². The van der Waals surface area contributed by atoms with Gasteiger partial charge in [-0.25, -0.2) is 4.98 Å². The van der Waals surface area contributed by atoms with E-state index in [0.29, 0.717) is 0 Å². The molecule has 0 saturated heterocycles. The Hall–Kier alpha value is -1.67. The normalized spacial score (nSPS) is 10.7. The number of para-hydroxylation sites is 1. The smallest absolute Gasteiger partial charge is 0.0987 e. The van der Waals surface area contributed by atoms with Crippen LogP contribution in [0.2, 0.25) is 0 Å². The van der Waals surface area contributed by atoms with E-state index in [0.717, 1.165) is 11.1 Å². The van der Waals surface area contributed by atoms with E-state index in [1.165, 1.54) is 10.3 Å². The second-order valence-electron chi connectivity index (χ2n) is 3.32. The van der Waals surface area contributed by atoms with Gasteiger partial charge in [-0.3, -0.25) is 0 Å². The Bertz CT molecular complexity index is 584. The minimum absolute atomic E-state index is 0.998. The van der Waals surface area contributed by atoms with Crippen molar-refractivity contribution in [1.82, 2.24) is 4.98 Å². The van der Waals surface area contributed by atoms with Crippen molar-refractivity contribution < 1.29 is 0 Å². The zero-order valence-electron chi connectivity index (χ0n) is 7.97. The van der Waals surface area contributed by atoms with Crippen molar-refractivity contribution >= 4 is 22.2 Å². The maximum atomic E-state index is 4.32. The zero-order chi connectivity index (χ0) is 10.1. The van der Waals surface area contributed by atoms with Crippen molar-refractivity contribution in [3.63, 3.8) is 0 Å². The van der Waals surface area contributed by atoms with Crippen LogP contribution in [0.25, 0.3) is 21.3 Å². The van der Waals surface area contributed by atoms with Crippen LogP contribution < -0.4 is 0 Å². The molecule has 0 aliphatic carbocycles. The Morgan fingerprint density at radius 2 is 2.00 bits per heavy atom. The van der Waals surface area contributed by atoms with E-state index < -0.39 is 0 Å². The third-order valence-electron chi connectivity index (χ3n) is 2.32. The number of benzene rings is 1. The first-order valence-electron chi connectivity index (χ1n) is 4.75. The number of thiophene rings is 1. The third kappa shape index (κ3) is 1.53. The van der Waals surface area contributed by atoms with Gasteiger partial charge in [0.05, 0.1) is 11.7 Å². The molecule has 0 atom stereocenters. The average molecular weight is 210 g/mol. The maximum absolute atomic E-state index is 4.32. The molecular weight excluding hydrogens is 202 g/mol. The van der Waals surface area contributed by atoms with Gasteiger partial charge in [0, 0.05) is 15.8 Å². The molecular formula is C13H8NS. The number of fused-ring (bicyclic) bond motifs is 1. The molecule has 0 N–H and O–H groups in total. The van der Waals surface area contributed by atoms with E-state index in [1.807, 2.05) is 24.3 Å². The van der Waals surface area contributed by atoms with Crippen LogP contribution in [0.5, 0.6) is 0 Å². The van der Waals surface area contributed by atoms with Gasteiger partial charge in [0.25, 0.3) is 0 Å². The molecule has 0 aliphatic rings. The SMILES string of the molecule is [c]1nc2ccccc2cc1-c1cccs1. The predicted molar refractivity (Wildman–Crippen MR) is 63.9 cm³/mol. The number of hydrogen-bond acceptors (Lipinski definition) is 2. The van der Waals surface area contributed by atoms with Gasteiger partial charge in [0.15, 0.2) is 0 Å². The summed E-state index contributed by atoms with van der Waals surface area (Å²) in [5.74, 6) is 0. The molecule has 0 bridgehead atoms. The summed E-state index contributed by atoms with van der Waals surface area (Å²) >= 11 is 1.71. The molecule has 2 heterocycles. The average Bonchev–Trinajstić information content (AvgIpc) is 2.82. The Kier molecular flexibility index (Phi) is 2.00. The summed E-state index contributed by atoms with van der Waals surface area (Å²) in [7, 11) is 0. The Morgan fingerprint density at radius 3 is 2.87 bits per heavy atom. The first kappa shape index (κ1) is 8.62. The highest BCUT2D eigenvalue weighted by Crippen LogP contribution is 2.25. The summed E-state index contributed by atoms with van der Waals surface area (Å²) in [4.78, 5) is 5.53. The largest absolute Gasteiger partial charge is 0.245 e. The summed E-state index contributed by atoms with van der Waals surface area (Å²) < 4.78 is 0. The minimum atomic E-state index is 0.998. The summed E-state index contributed by atoms with van der Waals surface area (Å²) in [6, 6.07) is 14.4. The minimum Gasteiger partial charge on any atom is -0.245 e. The van der Waals surface area contributed by atoms with E-state index in [1.54, 1.807) is 11.3 Å². The molecule has 0 fully saturated rings. The number of rotatable bonds is 1. The van der Waals surface area contributed by atoms with Crippen LogP contribution in [0.3, 0.4) is 0 Å². The van der Waals surface area contributed by atoms with E-state index in [-0.39, 0.29) is 0 Å². The lowest BCUT2D eigenvalue weighted by molar-refractivity contribution is 1.40. The van der Waals surface area contributed by atoms with Crippen LogP contribution in [0, 0.1) is 6.20 Å². The number of hydrogen-bond donors (Lipinski definition) is 0. The molecule has 1 radical (unpaired) electrons. The van der Waals surface area contributed by atoms with Crippen molar-refractivity contribution in [2.75, 3.05) is 0 Å². The highest BCUT2D eigenvalue weighted by atomic mass is 32.1. The Labute approximate surface area is 92.0 Å². The van der Waals surface area contributed by atoms with Gasteiger partial charge in [-0.05, 0) is 23.6 Å². The number of nitrogens with zero attached hydrogens (tertiary/aromatic N) is 1. The molecule has 0 unspecified atom stereocenters. The highest BCUT2D eigenvalue weighted by Gasteiger charge is 2.01. The highest BCUT2D eigenvalue weighted by molar-refractivity contribution is 7.13. The molecule has 15 heavy (non-hydrogen) atoms. The van der Waals surface area contributed by atoms with E-state index >= 15 is 0 Å². The summed E-state index contributed by atoms with van der Waals surface area (Å²) in [5, 5.41) is 3.23.